The molecule has 0 aliphatic carbocycles. The fourth-order valence-corrected chi connectivity index (χ4v) is 2.57. The first-order chi connectivity index (χ1) is 13.4. The molecule has 7 nitrogen and oxygen atoms in total. The summed E-state index contributed by atoms with van der Waals surface area (Å²) in [7, 11) is 1.60. The molecule has 1 N–H and O–H groups in total. The van der Waals surface area contributed by atoms with Gasteiger partial charge in [-0.3, -0.25) is 14.4 Å². The van der Waals surface area contributed by atoms with Crippen LogP contribution in [0.4, 0.5) is 0 Å². The summed E-state index contributed by atoms with van der Waals surface area (Å²) in [6, 6.07) is 8.26. The van der Waals surface area contributed by atoms with Crippen molar-refractivity contribution in [1.29, 1.82) is 0 Å². The molecule has 0 bridgehead atoms. The summed E-state index contributed by atoms with van der Waals surface area (Å²) in [5.74, 6) is -0.996. The summed E-state index contributed by atoms with van der Waals surface area (Å²) in [6.07, 6.45) is 1.88. The van der Waals surface area contributed by atoms with Crippen molar-refractivity contribution in [2.24, 2.45) is 0 Å². The summed E-state index contributed by atoms with van der Waals surface area (Å²) >= 11 is 11.8. The van der Waals surface area contributed by atoms with Crippen molar-refractivity contribution >= 4 is 41.0 Å². The maximum Gasteiger partial charge on any atom is 0.306 e. The van der Waals surface area contributed by atoms with Gasteiger partial charge in [-0.05, 0) is 36.2 Å². The first-order valence-electron chi connectivity index (χ1n) is 8.52. The van der Waals surface area contributed by atoms with Gasteiger partial charge in [-0.2, -0.15) is 0 Å². The van der Waals surface area contributed by atoms with Crippen LogP contribution in [-0.4, -0.2) is 42.9 Å². The van der Waals surface area contributed by atoms with E-state index in [2.05, 4.69) is 5.32 Å². The van der Waals surface area contributed by atoms with Crippen molar-refractivity contribution in [2.75, 3.05) is 20.2 Å². The van der Waals surface area contributed by atoms with Gasteiger partial charge in [-0.15, -0.1) is 0 Å². The Hall–Kier alpha value is -2.51. The third-order valence-corrected chi connectivity index (χ3v) is 4.51. The number of ether oxygens (including phenoxy) is 1. The minimum atomic E-state index is -0.511. The number of carbonyl (C=O) groups is 3. The average molecular weight is 427 g/mol. The number of carbonyl (C=O) groups excluding carboxylic acids is 3. The zero-order valence-electron chi connectivity index (χ0n) is 15.2. The highest BCUT2D eigenvalue weighted by Crippen LogP contribution is 2.23. The summed E-state index contributed by atoms with van der Waals surface area (Å²) in [5.41, 5.74) is 0.809. The molecule has 0 unspecified atom stereocenters. The molecule has 0 spiro atoms. The molecule has 9 heteroatoms. The molecular formula is C19H20Cl2N2O5. The molecule has 0 saturated heterocycles. The second-order valence-corrected chi connectivity index (χ2v) is 6.81. The normalized spacial score (nSPS) is 10.4. The second-order valence-electron chi connectivity index (χ2n) is 6.00. The largest absolute Gasteiger partial charge is 0.459 e. The van der Waals surface area contributed by atoms with Crippen molar-refractivity contribution in [3.05, 3.63) is 58.0 Å². The van der Waals surface area contributed by atoms with Crippen LogP contribution in [0.1, 0.15) is 29.0 Å². The number of amides is 2. The molecule has 150 valence electrons. The quantitative estimate of drug-likeness (QED) is 0.490. The maximum absolute atomic E-state index is 12.1. The molecule has 1 aromatic heterocycles. The Bertz CT molecular complexity index is 824. The SMILES string of the molecule is CN(Cc1ccc(Cl)c(Cl)c1)C(=O)COC(=O)CCCNC(=O)c1ccco1. The maximum atomic E-state index is 12.1. The molecule has 0 saturated carbocycles. The Morgan fingerprint density at radius 1 is 1.18 bits per heavy atom. The Labute approximate surface area is 172 Å². The molecule has 0 radical (unpaired) electrons. The lowest BCUT2D eigenvalue weighted by atomic mass is 10.2. The number of esters is 1. The number of furan rings is 1. The highest BCUT2D eigenvalue weighted by molar-refractivity contribution is 6.42. The van der Waals surface area contributed by atoms with E-state index in [1.807, 2.05) is 0 Å². The molecular weight excluding hydrogens is 407 g/mol. The second kappa shape index (κ2) is 10.7. The van der Waals surface area contributed by atoms with Crippen LogP contribution in [0.15, 0.2) is 41.0 Å². The van der Waals surface area contributed by atoms with Crippen LogP contribution in [0.2, 0.25) is 10.0 Å². The summed E-state index contributed by atoms with van der Waals surface area (Å²) < 4.78 is 9.93. The van der Waals surface area contributed by atoms with Gasteiger partial charge in [0.25, 0.3) is 11.8 Å². The number of hydrogen-bond acceptors (Lipinski definition) is 5. The van der Waals surface area contributed by atoms with E-state index in [4.69, 9.17) is 32.4 Å². The van der Waals surface area contributed by atoms with Gasteiger partial charge in [-0.1, -0.05) is 29.3 Å². The van der Waals surface area contributed by atoms with Gasteiger partial charge in [0.1, 0.15) is 0 Å². The van der Waals surface area contributed by atoms with E-state index < -0.39 is 5.97 Å². The van der Waals surface area contributed by atoms with E-state index in [1.54, 1.807) is 37.4 Å². The lowest BCUT2D eigenvalue weighted by Gasteiger charge is -2.17. The first kappa shape index (κ1) is 21.8. The molecule has 0 atom stereocenters. The molecule has 0 aliphatic rings. The highest BCUT2D eigenvalue weighted by Gasteiger charge is 2.13. The summed E-state index contributed by atoms with van der Waals surface area (Å²) in [4.78, 5) is 36.9. The lowest BCUT2D eigenvalue weighted by molar-refractivity contribution is -0.151. The number of rotatable bonds is 9. The topological polar surface area (TPSA) is 88.9 Å². The number of halogens is 2. The smallest absolute Gasteiger partial charge is 0.306 e. The van der Waals surface area contributed by atoms with Gasteiger partial charge in [0, 0.05) is 26.6 Å². The van der Waals surface area contributed by atoms with Gasteiger partial charge in [0.2, 0.25) is 0 Å². The van der Waals surface area contributed by atoms with Crippen LogP contribution < -0.4 is 5.32 Å². The van der Waals surface area contributed by atoms with Gasteiger partial charge in [-0.25, -0.2) is 0 Å². The van der Waals surface area contributed by atoms with Gasteiger partial charge in [0.15, 0.2) is 12.4 Å². The molecule has 2 aromatic rings. The minimum Gasteiger partial charge on any atom is -0.459 e. The Balaban J connectivity index is 1.63. The number of nitrogens with zero attached hydrogens (tertiary/aromatic N) is 1. The minimum absolute atomic E-state index is 0.0855. The zero-order valence-corrected chi connectivity index (χ0v) is 16.8. The van der Waals surface area contributed by atoms with E-state index in [0.29, 0.717) is 29.6 Å². The van der Waals surface area contributed by atoms with Crippen LogP contribution in [0.5, 0.6) is 0 Å². The van der Waals surface area contributed by atoms with Crippen LogP contribution in [0, 0.1) is 0 Å². The number of likely N-dealkylation sites (N-methyl/N-ethyl adjacent to an activating group) is 1. The van der Waals surface area contributed by atoms with Crippen molar-refractivity contribution in [3.8, 4) is 0 Å². The van der Waals surface area contributed by atoms with Crippen LogP contribution >= 0.6 is 23.2 Å². The van der Waals surface area contributed by atoms with Crippen LogP contribution in [0.25, 0.3) is 0 Å². The number of benzene rings is 1. The third-order valence-electron chi connectivity index (χ3n) is 3.77. The predicted octanol–water partition coefficient (Wildman–Crippen LogP) is 3.30. The number of nitrogens with one attached hydrogen (secondary N) is 1. The zero-order chi connectivity index (χ0) is 20.5. The van der Waals surface area contributed by atoms with Crippen molar-refractivity contribution < 1.29 is 23.5 Å². The molecule has 0 aliphatic heterocycles. The Morgan fingerprint density at radius 2 is 1.96 bits per heavy atom. The predicted molar refractivity (Wildman–Crippen MR) is 104 cm³/mol. The number of hydrogen-bond donors (Lipinski definition) is 1. The van der Waals surface area contributed by atoms with Gasteiger partial charge >= 0.3 is 5.97 Å². The standard InChI is InChI=1S/C19H20Cl2N2O5/c1-23(11-13-6-7-14(20)15(21)10-13)17(24)12-28-18(25)5-2-8-22-19(26)16-4-3-9-27-16/h3-4,6-7,9-10H,2,5,8,11-12H2,1H3,(H,22,26). The van der Waals surface area contributed by atoms with Crippen LogP contribution in [0.3, 0.4) is 0 Å². The Kier molecular flexibility index (Phi) is 8.35. The van der Waals surface area contributed by atoms with Crippen molar-refractivity contribution in [3.63, 3.8) is 0 Å². The van der Waals surface area contributed by atoms with Gasteiger partial charge in [0.05, 0.1) is 16.3 Å². The van der Waals surface area contributed by atoms with E-state index in [9.17, 15) is 14.4 Å². The monoisotopic (exact) mass is 426 g/mol. The molecule has 28 heavy (non-hydrogen) atoms. The summed E-state index contributed by atoms with van der Waals surface area (Å²) in [6.45, 7) is 0.251. The molecule has 1 heterocycles. The summed E-state index contributed by atoms with van der Waals surface area (Å²) in [5, 5.41) is 3.47. The highest BCUT2D eigenvalue weighted by atomic mass is 35.5. The average Bonchev–Trinajstić information content (AvgIpc) is 3.21. The Morgan fingerprint density at radius 3 is 2.64 bits per heavy atom. The van der Waals surface area contributed by atoms with E-state index in [0.717, 1.165) is 5.56 Å². The molecule has 1 aromatic carbocycles. The first-order valence-corrected chi connectivity index (χ1v) is 9.27. The third kappa shape index (κ3) is 6.90. The van der Waals surface area contributed by atoms with Crippen LogP contribution in [-0.2, 0) is 20.9 Å². The van der Waals surface area contributed by atoms with Crippen molar-refractivity contribution in [2.45, 2.75) is 19.4 Å². The fraction of sp³-hybridized carbons (Fsp3) is 0.316. The van der Waals surface area contributed by atoms with Crippen molar-refractivity contribution in [1.82, 2.24) is 10.2 Å². The molecule has 2 rings (SSSR count). The van der Waals surface area contributed by atoms with E-state index in [1.165, 1.54) is 11.2 Å². The fourth-order valence-electron chi connectivity index (χ4n) is 2.25. The van der Waals surface area contributed by atoms with E-state index >= 15 is 0 Å². The molecule has 2 amide bonds. The molecule has 0 fully saturated rings. The van der Waals surface area contributed by atoms with Gasteiger partial charge < -0.3 is 19.4 Å². The van der Waals surface area contributed by atoms with E-state index in [-0.39, 0.29) is 30.6 Å². The lowest BCUT2D eigenvalue weighted by Crippen LogP contribution is -2.31.